The Labute approximate surface area is 102 Å². The molecule has 0 spiro atoms. The fraction of sp³-hybridized carbons (Fsp3) is 0.357. The van der Waals surface area contributed by atoms with Gasteiger partial charge in [0.25, 0.3) is 0 Å². The van der Waals surface area contributed by atoms with Gasteiger partial charge in [-0.1, -0.05) is 30.3 Å². The van der Waals surface area contributed by atoms with E-state index in [4.69, 9.17) is 5.73 Å². The maximum atomic E-state index is 11.9. The standard InChI is InChI=1S/C14H18N2O/c1-3-4-8-11-16-13(17)14(2,15)12-9-6-5-7-10-12/h5-7,9-10H,8,11,15H2,1-2H3,(H,16,17). The monoisotopic (exact) mass is 230 g/mol. The van der Waals surface area contributed by atoms with Gasteiger partial charge in [0.1, 0.15) is 5.54 Å². The van der Waals surface area contributed by atoms with Crippen molar-refractivity contribution in [3.8, 4) is 11.8 Å². The number of amides is 1. The van der Waals surface area contributed by atoms with Gasteiger partial charge in [-0.05, 0) is 19.4 Å². The third-order valence-corrected chi connectivity index (χ3v) is 2.56. The van der Waals surface area contributed by atoms with Gasteiger partial charge in [-0.3, -0.25) is 4.79 Å². The molecule has 1 aromatic rings. The van der Waals surface area contributed by atoms with E-state index in [2.05, 4.69) is 17.2 Å². The zero-order valence-corrected chi connectivity index (χ0v) is 10.3. The number of nitrogens with one attached hydrogen (secondary N) is 1. The first-order valence-electron chi connectivity index (χ1n) is 5.61. The van der Waals surface area contributed by atoms with Crippen molar-refractivity contribution in [3.05, 3.63) is 35.9 Å². The lowest BCUT2D eigenvalue weighted by Gasteiger charge is -2.23. The van der Waals surface area contributed by atoms with Gasteiger partial charge >= 0.3 is 0 Å². The molecule has 0 fully saturated rings. The van der Waals surface area contributed by atoms with Gasteiger partial charge in [0, 0.05) is 13.0 Å². The summed E-state index contributed by atoms with van der Waals surface area (Å²) >= 11 is 0. The molecule has 0 radical (unpaired) electrons. The third kappa shape index (κ3) is 3.61. The van der Waals surface area contributed by atoms with Crippen LogP contribution in [0.25, 0.3) is 0 Å². The molecule has 1 atom stereocenters. The topological polar surface area (TPSA) is 55.1 Å². The molecular weight excluding hydrogens is 212 g/mol. The van der Waals surface area contributed by atoms with Crippen LogP contribution in [0.15, 0.2) is 30.3 Å². The molecule has 0 saturated heterocycles. The number of benzene rings is 1. The Kier molecular flexibility index (Phi) is 4.74. The van der Waals surface area contributed by atoms with Crippen LogP contribution in [0.2, 0.25) is 0 Å². The summed E-state index contributed by atoms with van der Waals surface area (Å²) in [6, 6.07) is 9.34. The Morgan fingerprint density at radius 2 is 2.06 bits per heavy atom. The van der Waals surface area contributed by atoms with Crippen LogP contribution >= 0.6 is 0 Å². The van der Waals surface area contributed by atoms with Gasteiger partial charge in [-0.25, -0.2) is 0 Å². The van der Waals surface area contributed by atoms with E-state index in [0.717, 1.165) is 5.56 Å². The zero-order valence-electron chi connectivity index (χ0n) is 10.3. The predicted octanol–water partition coefficient (Wildman–Crippen LogP) is 1.39. The van der Waals surface area contributed by atoms with Crippen LogP contribution in [0.1, 0.15) is 25.8 Å². The molecule has 3 nitrogen and oxygen atoms in total. The van der Waals surface area contributed by atoms with Crippen LogP contribution in [0.3, 0.4) is 0 Å². The zero-order chi connectivity index (χ0) is 12.7. The maximum Gasteiger partial charge on any atom is 0.244 e. The Morgan fingerprint density at radius 3 is 2.65 bits per heavy atom. The van der Waals surface area contributed by atoms with Crippen molar-refractivity contribution in [1.82, 2.24) is 5.32 Å². The second-order valence-corrected chi connectivity index (χ2v) is 4.00. The molecule has 0 heterocycles. The Balaban J connectivity index is 2.63. The van der Waals surface area contributed by atoms with Crippen LogP contribution in [0.5, 0.6) is 0 Å². The summed E-state index contributed by atoms with van der Waals surface area (Å²) in [5.41, 5.74) is 5.85. The van der Waals surface area contributed by atoms with E-state index < -0.39 is 5.54 Å². The molecule has 3 heteroatoms. The summed E-state index contributed by atoms with van der Waals surface area (Å²) in [4.78, 5) is 11.9. The number of carbonyl (C=O) groups excluding carboxylic acids is 1. The van der Waals surface area contributed by atoms with E-state index in [1.165, 1.54) is 0 Å². The summed E-state index contributed by atoms with van der Waals surface area (Å²) in [5.74, 6) is 5.49. The molecule has 1 aromatic carbocycles. The number of carbonyl (C=O) groups is 1. The van der Waals surface area contributed by atoms with Gasteiger partial charge in [-0.15, -0.1) is 11.8 Å². The second kappa shape index (κ2) is 6.07. The van der Waals surface area contributed by atoms with Crippen molar-refractivity contribution in [3.63, 3.8) is 0 Å². The minimum Gasteiger partial charge on any atom is -0.353 e. The summed E-state index contributed by atoms with van der Waals surface area (Å²) in [5, 5.41) is 2.79. The molecule has 0 aliphatic carbocycles. The van der Waals surface area contributed by atoms with Gasteiger partial charge in [0.05, 0.1) is 0 Å². The fourth-order valence-electron chi connectivity index (χ4n) is 1.46. The maximum absolute atomic E-state index is 11.9. The summed E-state index contributed by atoms with van der Waals surface area (Å²) in [7, 11) is 0. The normalized spacial score (nSPS) is 13.1. The molecule has 17 heavy (non-hydrogen) atoms. The minimum absolute atomic E-state index is 0.179. The predicted molar refractivity (Wildman–Crippen MR) is 69.1 cm³/mol. The van der Waals surface area contributed by atoms with Crippen LogP contribution in [-0.2, 0) is 10.3 Å². The number of nitrogens with two attached hydrogens (primary N) is 1. The van der Waals surface area contributed by atoms with Crippen molar-refractivity contribution in [2.24, 2.45) is 5.73 Å². The highest BCUT2D eigenvalue weighted by Gasteiger charge is 2.29. The molecule has 0 bridgehead atoms. The average Bonchev–Trinajstić information content (AvgIpc) is 2.35. The van der Waals surface area contributed by atoms with Crippen molar-refractivity contribution >= 4 is 5.91 Å². The van der Waals surface area contributed by atoms with Gasteiger partial charge in [0.15, 0.2) is 0 Å². The van der Waals surface area contributed by atoms with E-state index >= 15 is 0 Å². The van der Waals surface area contributed by atoms with E-state index in [9.17, 15) is 4.79 Å². The van der Waals surface area contributed by atoms with Crippen LogP contribution < -0.4 is 11.1 Å². The first-order valence-corrected chi connectivity index (χ1v) is 5.61. The van der Waals surface area contributed by atoms with Crippen LogP contribution in [0, 0.1) is 11.8 Å². The molecule has 1 rings (SSSR count). The average molecular weight is 230 g/mol. The van der Waals surface area contributed by atoms with Crippen LogP contribution in [0.4, 0.5) is 0 Å². The van der Waals surface area contributed by atoms with E-state index in [1.54, 1.807) is 13.8 Å². The molecule has 0 aromatic heterocycles. The Bertz CT molecular complexity index is 427. The molecule has 1 amide bonds. The summed E-state index contributed by atoms with van der Waals surface area (Å²) in [6.45, 7) is 4.02. The first-order chi connectivity index (χ1) is 8.09. The first kappa shape index (κ1) is 13.3. The quantitative estimate of drug-likeness (QED) is 0.606. The highest BCUT2D eigenvalue weighted by atomic mass is 16.2. The SMILES string of the molecule is CC#CCCNC(=O)C(C)(N)c1ccccc1. The molecule has 1 unspecified atom stereocenters. The second-order valence-electron chi connectivity index (χ2n) is 4.00. The lowest BCUT2D eigenvalue weighted by atomic mass is 9.92. The molecule has 3 N–H and O–H groups in total. The van der Waals surface area contributed by atoms with Gasteiger partial charge in [0.2, 0.25) is 5.91 Å². The van der Waals surface area contributed by atoms with E-state index in [0.29, 0.717) is 13.0 Å². The summed E-state index contributed by atoms with van der Waals surface area (Å²) in [6.07, 6.45) is 0.646. The largest absolute Gasteiger partial charge is 0.353 e. The smallest absolute Gasteiger partial charge is 0.244 e. The molecular formula is C14H18N2O. The minimum atomic E-state index is -0.999. The summed E-state index contributed by atoms with van der Waals surface area (Å²) < 4.78 is 0. The molecule has 0 aliphatic rings. The Hall–Kier alpha value is -1.79. The van der Waals surface area contributed by atoms with Crippen LogP contribution in [-0.4, -0.2) is 12.5 Å². The number of hydrogen-bond acceptors (Lipinski definition) is 2. The van der Waals surface area contributed by atoms with Crippen molar-refractivity contribution in [2.45, 2.75) is 25.8 Å². The highest BCUT2D eigenvalue weighted by molar-refractivity contribution is 5.86. The van der Waals surface area contributed by atoms with Gasteiger partial charge < -0.3 is 11.1 Å². The van der Waals surface area contributed by atoms with Crippen molar-refractivity contribution < 1.29 is 4.79 Å². The number of hydrogen-bond donors (Lipinski definition) is 2. The lowest BCUT2D eigenvalue weighted by Crippen LogP contribution is -2.49. The fourth-order valence-corrected chi connectivity index (χ4v) is 1.46. The van der Waals surface area contributed by atoms with Crippen molar-refractivity contribution in [1.29, 1.82) is 0 Å². The molecule has 0 saturated carbocycles. The number of rotatable bonds is 4. The van der Waals surface area contributed by atoms with E-state index in [-0.39, 0.29) is 5.91 Å². The lowest BCUT2D eigenvalue weighted by molar-refractivity contribution is -0.126. The highest BCUT2D eigenvalue weighted by Crippen LogP contribution is 2.17. The Morgan fingerprint density at radius 1 is 1.41 bits per heavy atom. The van der Waals surface area contributed by atoms with Crippen molar-refractivity contribution in [2.75, 3.05) is 6.54 Å². The molecule has 90 valence electrons. The third-order valence-electron chi connectivity index (χ3n) is 2.56. The van der Waals surface area contributed by atoms with E-state index in [1.807, 2.05) is 30.3 Å². The van der Waals surface area contributed by atoms with Gasteiger partial charge in [-0.2, -0.15) is 0 Å². The molecule has 0 aliphatic heterocycles.